The van der Waals surface area contributed by atoms with Crippen LogP contribution in [-0.4, -0.2) is 29.8 Å². The number of carbonyl (C=O) groups excluding carboxylic acids is 3. The van der Waals surface area contributed by atoms with E-state index in [0.29, 0.717) is 22.5 Å². The van der Waals surface area contributed by atoms with E-state index in [0.717, 1.165) is 36.8 Å². The van der Waals surface area contributed by atoms with E-state index < -0.39 is 6.04 Å². The lowest BCUT2D eigenvalue weighted by Crippen LogP contribution is -2.49. The summed E-state index contributed by atoms with van der Waals surface area (Å²) in [6.45, 7) is 1.94. The van der Waals surface area contributed by atoms with Gasteiger partial charge in [-0.3, -0.25) is 19.3 Å². The second-order valence-electron chi connectivity index (χ2n) is 9.98. The van der Waals surface area contributed by atoms with E-state index in [1.54, 1.807) is 29.2 Å². The quantitative estimate of drug-likeness (QED) is 0.486. The van der Waals surface area contributed by atoms with Gasteiger partial charge in [0.05, 0.1) is 23.8 Å². The summed E-state index contributed by atoms with van der Waals surface area (Å²) >= 11 is 0. The Hall–Kier alpha value is -3.97. The van der Waals surface area contributed by atoms with Gasteiger partial charge in [0.15, 0.2) is 0 Å². The minimum atomic E-state index is -0.504. The summed E-state index contributed by atoms with van der Waals surface area (Å²) in [6.07, 6.45) is 3.95. The van der Waals surface area contributed by atoms with Crippen LogP contribution in [0.25, 0.3) is 0 Å². The topological polar surface area (TPSA) is 105 Å². The first-order chi connectivity index (χ1) is 17.9. The van der Waals surface area contributed by atoms with E-state index in [9.17, 15) is 14.4 Å². The van der Waals surface area contributed by atoms with Gasteiger partial charge in [-0.15, -0.1) is 0 Å². The van der Waals surface area contributed by atoms with Crippen molar-refractivity contribution in [1.82, 2.24) is 5.32 Å². The van der Waals surface area contributed by atoms with Gasteiger partial charge in [0.2, 0.25) is 5.91 Å². The maximum absolute atomic E-state index is 14.0. The highest BCUT2D eigenvalue weighted by atomic mass is 16.2. The minimum Gasteiger partial charge on any atom is -0.348 e. The van der Waals surface area contributed by atoms with Gasteiger partial charge < -0.3 is 16.4 Å². The van der Waals surface area contributed by atoms with Crippen LogP contribution in [0.1, 0.15) is 70.0 Å². The largest absolute Gasteiger partial charge is 0.348 e. The summed E-state index contributed by atoms with van der Waals surface area (Å²) in [4.78, 5) is 41.8. The molecule has 2 aliphatic rings. The van der Waals surface area contributed by atoms with Crippen LogP contribution in [0, 0.1) is 6.92 Å². The molecule has 0 spiro atoms. The van der Waals surface area contributed by atoms with Gasteiger partial charge >= 0.3 is 0 Å². The minimum absolute atomic E-state index is 0.0627. The molecule has 3 amide bonds. The molecule has 3 aromatic rings. The van der Waals surface area contributed by atoms with Crippen molar-refractivity contribution in [2.24, 2.45) is 5.73 Å². The zero-order chi connectivity index (χ0) is 25.9. The number of nitrogens with two attached hydrogens (primary N) is 1. The van der Waals surface area contributed by atoms with Crippen molar-refractivity contribution in [2.45, 2.75) is 57.2 Å². The molecule has 37 heavy (non-hydrogen) atoms. The monoisotopic (exact) mass is 496 g/mol. The van der Waals surface area contributed by atoms with Gasteiger partial charge in [-0.25, -0.2) is 0 Å². The van der Waals surface area contributed by atoms with Gasteiger partial charge in [-0.2, -0.15) is 0 Å². The van der Waals surface area contributed by atoms with E-state index in [-0.39, 0.29) is 36.2 Å². The maximum Gasteiger partial charge on any atom is 0.258 e. The SMILES string of the molecule is Cc1cccc(C(=O)N2c3ccc(C(=O)NC4CCCCC4N)cc3NC(=O)CC2c2ccccc2)c1. The third kappa shape index (κ3) is 5.27. The predicted molar refractivity (Wildman–Crippen MR) is 145 cm³/mol. The summed E-state index contributed by atoms with van der Waals surface area (Å²) in [7, 11) is 0. The Bertz CT molecular complexity index is 1320. The molecule has 1 fully saturated rings. The Morgan fingerprint density at radius 3 is 2.49 bits per heavy atom. The van der Waals surface area contributed by atoms with E-state index in [1.807, 2.05) is 55.5 Å². The number of rotatable bonds is 4. The number of fused-ring (bicyclic) bond motifs is 1. The van der Waals surface area contributed by atoms with Crippen LogP contribution in [0.2, 0.25) is 0 Å². The molecule has 3 atom stereocenters. The number of carbonyl (C=O) groups is 3. The number of hydrogen-bond acceptors (Lipinski definition) is 4. The molecule has 0 radical (unpaired) electrons. The molecule has 1 aliphatic heterocycles. The highest BCUT2D eigenvalue weighted by Crippen LogP contribution is 2.39. The zero-order valence-electron chi connectivity index (χ0n) is 20.9. The summed E-state index contributed by atoms with van der Waals surface area (Å²) < 4.78 is 0. The van der Waals surface area contributed by atoms with Crippen LogP contribution in [0.15, 0.2) is 72.8 Å². The van der Waals surface area contributed by atoms with Gasteiger partial charge in [0, 0.05) is 23.2 Å². The lowest BCUT2D eigenvalue weighted by Gasteiger charge is -2.31. The zero-order valence-corrected chi connectivity index (χ0v) is 20.9. The number of amides is 3. The van der Waals surface area contributed by atoms with Crippen molar-refractivity contribution in [3.8, 4) is 0 Å². The average molecular weight is 497 g/mol. The third-order valence-electron chi connectivity index (χ3n) is 7.29. The van der Waals surface area contributed by atoms with Gasteiger partial charge in [-0.1, -0.05) is 60.9 Å². The van der Waals surface area contributed by atoms with Crippen molar-refractivity contribution in [1.29, 1.82) is 0 Å². The highest BCUT2D eigenvalue weighted by molar-refractivity contribution is 6.12. The predicted octanol–water partition coefficient (Wildman–Crippen LogP) is 4.73. The molecule has 7 heteroatoms. The maximum atomic E-state index is 14.0. The summed E-state index contributed by atoms with van der Waals surface area (Å²) in [5.74, 6) is -0.665. The fourth-order valence-electron chi connectivity index (χ4n) is 5.32. The molecule has 3 aromatic carbocycles. The molecule has 3 unspecified atom stereocenters. The molecule has 0 bridgehead atoms. The Morgan fingerprint density at radius 2 is 1.73 bits per heavy atom. The van der Waals surface area contributed by atoms with E-state index in [1.165, 1.54) is 0 Å². The normalized spacial score (nSPS) is 21.4. The second kappa shape index (κ2) is 10.6. The van der Waals surface area contributed by atoms with Crippen LogP contribution >= 0.6 is 0 Å². The second-order valence-corrected chi connectivity index (χ2v) is 9.98. The third-order valence-corrected chi connectivity index (χ3v) is 7.29. The Balaban J connectivity index is 1.54. The Labute approximate surface area is 217 Å². The van der Waals surface area contributed by atoms with Crippen LogP contribution in [-0.2, 0) is 4.79 Å². The molecule has 0 aromatic heterocycles. The van der Waals surface area contributed by atoms with E-state index >= 15 is 0 Å². The number of nitrogens with zero attached hydrogens (tertiary/aromatic N) is 1. The first kappa shape index (κ1) is 24.7. The molecular formula is C30H32N4O3. The molecule has 1 saturated carbocycles. The van der Waals surface area contributed by atoms with Crippen molar-refractivity contribution >= 4 is 29.1 Å². The standard InChI is InChI=1S/C30H32N4O3/c1-19-8-7-11-22(16-19)30(37)34-26-15-14-21(29(36)33-24-13-6-5-12-23(24)31)17-25(26)32-28(35)18-27(34)20-9-3-2-4-10-20/h2-4,7-11,14-17,23-24,27H,5-6,12-13,18,31H2,1H3,(H,32,35)(H,33,36). The smallest absolute Gasteiger partial charge is 0.258 e. The molecule has 1 heterocycles. The summed E-state index contributed by atoms with van der Waals surface area (Å²) in [6, 6.07) is 21.5. The molecule has 0 saturated heterocycles. The fourth-order valence-corrected chi connectivity index (χ4v) is 5.32. The summed E-state index contributed by atoms with van der Waals surface area (Å²) in [5, 5.41) is 6.00. The van der Waals surface area contributed by atoms with Crippen LogP contribution in [0.3, 0.4) is 0 Å². The van der Waals surface area contributed by atoms with Gasteiger partial charge in [0.1, 0.15) is 0 Å². The number of aryl methyl sites for hydroxylation is 1. The molecule has 4 N–H and O–H groups in total. The number of nitrogens with one attached hydrogen (secondary N) is 2. The van der Waals surface area contributed by atoms with Crippen LogP contribution < -0.4 is 21.3 Å². The Kier molecular flexibility index (Phi) is 7.06. The summed E-state index contributed by atoms with van der Waals surface area (Å²) in [5.41, 5.74) is 10.00. The first-order valence-electron chi connectivity index (χ1n) is 12.9. The number of benzene rings is 3. The van der Waals surface area contributed by atoms with Crippen molar-refractivity contribution in [3.05, 3.63) is 95.1 Å². The van der Waals surface area contributed by atoms with E-state index in [4.69, 9.17) is 5.73 Å². The molecule has 190 valence electrons. The molecule has 5 rings (SSSR count). The average Bonchev–Trinajstić information content (AvgIpc) is 3.05. The van der Waals surface area contributed by atoms with Crippen molar-refractivity contribution < 1.29 is 14.4 Å². The number of anilines is 2. The fraction of sp³-hybridized carbons (Fsp3) is 0.300. The van der Waals surface area contributed by atoms with Crippen LogP contribution in [0.5, 0.6) is 0 Å². The van der Waals surface area contributed by atoms with Crippen molar-refractivity contribution in [2.75, 3.05) is 10.2 Å². The molecule has 7 nitrogen and oxygen atoms in total. The lowest BCUT2D eigenvalue weighted by atomic mass is 9.91. The first-order valence-corrected chi connectivity index (χ1v) is 12.9. The lowest BCUT2D eigenvalue weighted by molar-refractivity contribution is -0.116. The number of hydrogen-bond donors (Lipinski definition) is 3. The molecular weight excluding hydrogens is 464 g/mol. The molecule has 1 aliphatic carbocycles. The van der Waals surface area contributed by atoms with Gasteiger partial charge in [0.25, 0.3) is 11.8 Å². The highest BCUT2D eigenvalue weighted by Gasteiger charge is 2.34. The van der Waals surface area contributed by atoms with Crippen molar-refractivity contribution in [3.63, 3.8) is 0 Å². The van der Waals surface area contributed by atoms with E-state index in [2.05, 4.69) is 10.6 Å². The van der Waals surface area contributed by atoms with Gasteiger partial charge in [-0.05, 0) is 55.7 Å². The Morgan fingerprint density at radius 1 is 0.946 bits per heavy atom. The van der Waals surface area contributed by atoms with Crippen LogP contribution in [0.4, 0.5) is 11.4 Å².